The molecule has 1 aromatic heterocycles. The molecule has 92 valence electrons. The summed E-state index contributed by atoms with van der Waals surface area (Å²) in [6.07, 6.45) is 7.03. The molecule has 0 saturated heterocycles. The van der Waals surface area contributed by atoms with Crippen molar-refractivity contribution in [2.24, 2.45) is 5.92 Å². The van der Waals surface area contributed by atoms with Gasteiger partial charge in [-0.3, -0.25) is 0 Å². The third kappa shape index (κ3) is 2.41. The Morgan fingerprint density at radius 3 is 2.65 bits per heavy atom. The summed E-state index contributed by atoms with van der Waals surface area (Å²) in [6, 6.07) is 0.662. The molecule has 2 aliphatic rings. The van der Waals surface area contributed by atoms with Crippen molar-refractivity contribution < 1.29 is 5.11 Å². The summed E-state index contributed by atoms with van der Waals surface area (Å²) in [6.45, 7) is 3.08. The number of aliphatic hydroxyl groups excluding tert-OH is 1. The summed E-state index contributed by atoms with van der Waals surface area (Å²) in [5.74, 6) is 1.71. The number of nitrogens with zero attached hydrogens (tertiary/aromatic N) is 3. The molecule has 17 heavy (non-hydrogen) atoms. The van der Waals surface area contributed by atoms with Crippen LogP contribution in [0.15, 0.2) is 6.20 Å². The minimum Gasteiger partial charge on any atom is -0.392 e. The summed E-state index contributed by atoms with van der Waals surface area (Å²) >= 11 is 0. The zero-order chi connectivity index (χ0) is 11.8. The predicted octanol–water partition coefficient (Wildman–Crippen LogP) is 1.66. The van der Waals surface area contributed by atoms with Crippen molar-refractivity contribution >= 4 is 5.95 Å². The molecular weight excluding hydrogens is 214 g/mol. The maximum atomic E-state index is 9.13. The highest BCUT2D eigenvalue weighted by Crippen LogP contribution is 2.36. The van der Waals surface area contributed by atoms with Gasteiger partial charge in [0.15, 0.2) is 0 Å². The van der Waals surface area contributed by atoms with Gasteiger partial charge in [0.2, 0.25) is 5.95 Å². The summed E-state index contributed by atoms with van der Waals surface area (Å²) in [5, 5.41) is 9.13. The maximum Gasteiger partial charge on any atom is 0.225 e. The number of rotatable bonds is 5. The molecule has 2 saturated carbocycles. The molecule has 4 heteroatoms. The molecule has 0 spiro atoms. The van der Waals surface area contributed by atoms with Crippen molar-refractivity contribution in [2.45, 2.75) is 45.3 Å². The normalized spacial score (nSPS) is 19.4. The third-order valence-electron chi connectivity index (χ3n) is 3.63. The van der Waals surface area contributed by atoms with Crippen molar-refractivity contribution in [3.8, 4) is 0 Å². The van der Waals surface area contributed by atoms with E-state index >= 15 is 0 Å². The van der Waals surface area contributed by atoms with Gasteiger partial charge in [0.1, 0.15) is 0 Å². The van der Waals surface area contributed by atoms with Crippen LogP contribution in [0.2, 0.25) is 0 Å². The average molecular weight is 233 g/mol. The zero-order valence-electron chi connectivity index (χ0n) is 10.3. The van der Waals surface area contributed by atoms with E-state index in [0.29, 0.717) is 6.04 Å². The van der Waals surface area contributed by atoms with Gasteiger partial charge >= 0.3 is 0 Å². The van der Waals surface area contributed by atoms with E-state index in [1.807, 2.05) is 6.92 Å². The van der Waals surface area contributed by atoms with Crippen LogP contribution in [0.1, 0.15) is 36.9 Å². The number of aryl methyl sites for hydroxylation is 1. The summed E-state index contributed by atoms with van der Waals surface area (Å²) in [7, 11) is 0. The van der Waals surface area contributed by atoms with E-state index in [2.05, 4.69) is 14.9 Å². The van der Waals surface area contributed by atoms with Gasteiger partial charge in [-0.2, -0.15) is 0 Å². The predicted molar refractivity (Wildman–Crippen MR) is 65.8 cm³/mol. The van der Waals surface area contributed by atoms with Gasteiger partial charge in [-0.05, 0) is 38.5 Å². The Kier molecular flexibility index (Phi) is 2.74. The summed E-state index contributed by atoms with van der Waals surface area (Å²) in [4.78, 5) is 11.3. The maximum absolute atomic E-state index is 9.13. The van der Waals surface area contributed by atoms with Crippen LogP contribution < -0.4 is 4.90 Å². The highest BCUT2D eigenvalue weighted by Gasteiger charge is 2.35. The van der Waals surface area contributed by atoms with E-state index in [4.69, 9.17) is 5.11 Å². The van der Waals surface area contributed by atoms with Gasteiger partial charge in [-0.15, -0.1) is 0 Å². The van der Waals surface area contributed by atoms with Crippen molar-refractivity contribution in [1.82, 2.24) is 9.97 Å². The molecular formula is C13H19N3O. The Morgan fingerprint density at radius 2 is 2.12 bits per heavy atom. The van der Waals surface area contributed by atoms with Gasteiger partial charge in [-0.1, -0.05) is 0 Å². The first-order chi connectivity index (χ1) is 8.28. The fraction of sp³-hybridized carbons (Fsp3) is 0.692. The Hall–Kier alpha value is -1.16. The van der Waals surface area contributed by atoms with Crippen molar-refractivity contribution in [3.05, 3.63) is 17.5 Å². The standard InChI is InChI=1S/C13H19N3O/c1-9-11(8-17)6-14-13(15-9)16(12-4-5-12)7-10-2-3-10/h6,10,12,17H,2-5,7-8H2,1H3. The van der Waals surface area contributed by atoms with E-state index in [-0.39, 0.29) is 6.61 Å². The van der Waals surface area contributed by atoms with Gasteiger partial charge in [0.25, 0.3) is 0 Å². The molecule has 0 aliphatic heterocycles. The minimum atomic E-state index is 0.0260. The Balaban J connectivity index is 1.81. The third-order valence-corrected chi connectivity index (χ3v) is 3.63. The van der Waals surface area contributed by atoms with E-state index in [9.17, 15) is 0 Å². The fourth-order valence-corrected chi connectivity index (χ4v) is 2.13. The summed E-state index contributed by atoms with van der Waals surface area (Å²) in [5.41, 5.74) is 1.73. The molecule has 1 N–H and O–H groups in total. The number of aliphatic hydroxyl groups is 1. The number of hydrogen-bond acceptors (Lipinski definition) is 4. The number of aromatic nitrogens is 2. The van der Waals surface area contributed by atoms with Crippen LogP contribution in [-0.2, 0) is 6.61 Å². The molecule has 1 aromatic rings. The highest BCUT2D eigenvalue weighted by molar-refractivity contribution is 5.36. The van der Waals surface area contributed by atoms with Crippen LogP contribution >= 0.6 is 0 Å². The minimum absolute atomic E-state index is 0.0260. The smallest absolute Gasteiger partial charge is 0.225 e. The van der Waals surface area contributed by atoms with Crippen molar-refractivity contribution in [1.29, 1.82) is 0 Å². The molecule has 1 heterocycles. The lowest BCUT2D eigenvalue weighted by Crippen LogP contribution is -2.30. The highest BCUT2D eigenvalue weighted by atomic mass is 16.3. The summed E-state index contributed by atoms with van der Waals surface area (Å²) < 4.78 is 0. The molecule has 3 rings (SSSR count). The lowest BCUT2D eigenvalue weighted by Gasteiger charge is -2.22. The topological polar surface area (TPSA) is 49.2 Å². The monoisotopic (exact) mass is 233 g/mol. The van der Waals surface area contributed by atoms with Gasteiger partial charge in [-0.25, -0.2) is 9.97 Å². The Morgan fingerprint density at radius 1 is 1.35 bits per heavy atom. The van der Waals surface area contributed by atoms with Gasteiger partial charge in [0, 0.05) is 30.0 Å². The van der Waals surface area contributed by atoms with Crippen LogP contribution in [-0.4, -0.2) is 27.7 Å². The molecule has 0 atom stereocenters. The molecule has 0 bridgehead atoms. The largest absolute Gasteiger partial charge is 0.392 e. The Labute approximate surface area is 102 Å². The molecule has 4 nitrogen and oxygen atoms in total. The first-order valence-corrected chi connectivity index (χ1v) is 6.48. The van der Waals surface area contributed by atoms with Crippen LogP contribution in [0.25, 0.3) is 0 Å². The van der Waals surface area contributed by atoms with Gasteiger partial charge < -0.3 is 10.0 Å². The van der Waals surface area contributed by atoms with E-state index in [1.54, 1.807) is 6.20 Å². The average Bonchev–Trinajstić information content (AvgIpc) is 3.17. The second-order valence-electron chi connectivity index (χ2n) is 5.27. The quantitative estimate of drug-likeness (QED) is 0.840. The first kappa shape index (κ1) is 11.0. The van der Waals surface area contributed by atoms with Crippen LogP contribution in [0.5, 0.6) is 0 Å². The molecule has 0 unspecified atom stereocenters. The van der Waals surface area contributed by atoms with Crippen LogP contribution in [0, 0.1) is 12.8 Å². The lowest BCUT2D eigenvalue weighted by atomic mass is 10.2. The zero-order valence-corrected chi connectivity index (χ0v) is 10.3. The molecule has 2 fully saturated rings. The lowest BCUT2D eigenvalue weighted by molar-refractivity contribution is 0.280. The van der Waals surface area contributed by atoms with Gasteiger partial charge in [0.05, 0.1) is 6.61 Å². The second kappa shape index (κ2) is 4.26. The Bertz CT molecular complexity index is 413. The SMILES string of the molecule is Cc1nc(N(CC2CC2)C2CC2)ncc1CO. The van der Waals surface area contributed by atoms with E-state index in [0.717, 1.165) is 29.7 Å². The molecule has 0 amide bonds. The molecule has 2 aliphatic carbocycles. The first-order valence-electron chi connectivity index (χ1n) is 6.48. The van der Waals surface area contributed by atoms with E-state index < -0.39 is 0 Å². The second-order valence-corrected chi connectivity index (χ2v) is 5.27. The van der Waals surface area contributed by atoms with Crippen molar-refractivity contribution in [3.63, 3.8) is 0 Å². The van der Waals surface area contributed by atoms with Crippen molar-refractivity contribution in [2.75, 3.05) is 11.4 Å². The van der Waals surface area contributed by atoms with Crippen LogP contribution in [0.3, 0.4) is 0 Å². The van der Waals surface area contributed by atoms with E-state index in [1.165, 1.54) is 25.7 Å². The number of hydrogen-bond donors (Lipinski definition) is 1. The molecule has 0 aromatic carbocycles. The fourth-order valence-electron chi connectivity index (χ4n) is 2.13. The van der Waals surface area contributed by atoms with Crippen LogP contribution in [0.4, 0.5) is 5.95 Å². The molecule has 0 radical (unpaired) electrons. The number of anilines is 1.